The molecule has 0 fully saturated rings. The van der Waals surface area contributed by atoms with E-state index in [-0.39, 0.29) is 0 Å². The van der Waals surface area contributed by atoms with Crippen LogP contribution in [0.2, 0.25) is 0 Å². The predicted molar refractivity (Wildman–Crippen MR) is 36.8 cm³/mol. The van der Waals surface area contributed by atoms with Crippen molar-refractivity contribution in [2.75, 3.05) is 0 Å². The number of hydroxylamine groups is 1. The Labute approximate surface area is 58.9 Å². The quantitative estimate of drug-likeness (QED) is 0.533. The monoisotopic (exact) mass is 136 g/mol. The number of nitrogens with two attached hydrogens (primary N) is 1. The molecule has 10 heavy (non-hydrogen) atoms. The second-order valence-electron chi connectivity index (χ2n) is 2.27. The van der Waals surface area contributed by atoms with Crippen LogP contribution in [0.1, 0.15) is 5.56 Å². The van der Waals surface area contributed by atoms with Crippen molar-refractivity contribution in [3.05, 3.63) is 29.8 Å². The van der Waals surface area contributed by atoms with Gasteiger partial charge in [0.15, 0.2) is 5.75 Å². The molecule has 2 rings (SSSR count). The molecule has 52 valence electrons. The van der Waals surface area contributed by atoms with Gasteiger partial charge in [0.2, 0.25) is 0 Å². The maximum Gasteiger partial charge on any atom is 0.154 e. The third-order valence-electron chi connectivity index (χ3n) is 1.51. The van der Waals surface area contributed by atoms with E-state index in [1.54, 1.807) is 0 Å². The van der Waals surface area contributed by atoms with Crippen LogP contribution in [0.15, 0.2) is 24.3 Å². The van der Waals surface area contributed by atoms with Crippen molar-refractivity contribution < 1.29 is 4.84 Å². The zero-order chi connectivity index (χ0) is 6.97. The molecule has 0 unspecified atom stereocenters. The first-order valence-electron chi connectivity index (χ1n) is 3.14. The first-order chi connectivity index (χ1) is 4.86. The molecule has 1 aromatic carbocycles. The average molecular weight is 136 g/mol. The van der Waals surface area contributed by atoms with Gasteiger partial charge in [0, 0.05) is 5.56 Å². The summed E-state index contributed by atoms with van der Waals surface area (Å²) in [4.78, 5) is 5.12. The van der Waals surface area contributed by atoms with Crippen LogP contribution in [0.4, 0.5) is 0 Å². The number of benzene rings is 1. The van der Waals surface area contributed by atoms with Gasteiger partial charge in [0.05, 0.1) is 6.54 Å². The van der Waals surface area contributed by atoms with Gasteiger partial charge in [-0.2, -0.15) is 0 Å². The summed E-state index contributed by atoms with van der Waals surface area (Å²) in [5.41, 5.74) is 1.14. The van der Waals surface area contributed by atoms with E-state index in [9.17, 15) is 0 Å². The molecular weight excluding hydrogens is 128 g/mol. The Morgan fingerprint density at radius 3 is 3.00 bits per heavy atom. The van der Waals surface area contributed by atoms with Crippen LogP contribution >= 0.6 is 0 Å². The van der Waals surface area contributed by atoms with E-state index < -0.39 is 0 Å². The molecule has 1 aliphatic heterocycles. The van der Waals surface area contributed by atoms with Crippen molar-refractivity contribution in [1.29, 1.82) is 0 Å². The Balaban J connectivity index is 2.42. The third-order valence-corrected chi connectivity index (χ3v) is 1.51. The highest BCUT2D eigenvalue weighted by atomic mass is 16.7. The number of rotatable bonds is 0. The molecule has 0 aromatic heterocycles. The van der Waals surface area contributed by atoms with Gasteiger partial charge in [-0.05, 0) is 6.07 Å². The Kier molecular flexibility index (Phi) is 1.12. The topological polar surface area (TPSA) is 38.5 Å². The van der Waals surface area contributed by atoms with Gasteiger partial charge < -0.3 is 4.84 Å². The smallest absolute Gasteiger partial charge is 0.154 e. The fourth-order valence-corrected chi connectivity index (χ4v) is 1.05. The largest absolute Gasteiger partial charge is 0.391 e. The van der Waals surface area contributed by atoms with Crippen molar-refractivity contribution in [2.24, 2.45) is 5.84 Å². The van der Waals surface area contributed by atoms with Crippen LogP contribution in [-0.2, 0) is 6.54 Å². The molecule has 0 saturated heterocycles. The first kappa shape index (κ1) is 5.70. The number of hydrogen-bond acceptors (Lipinski definition) is 3. The fraction of sp³-hybridized carbons (Fsp3) is 0.143. The van der Waals surface area contributed by atoms with Gasteiger partial charge in [-0.3, -0.25) is 0 Å². The van der Waals surface area contributed by atoms with Gasteiger partial charge in [-0.25, -0.2) is 5.84 Å². The summed E-state index contributed by atoms with van der Waals surface area (Å²) in [5.74, 6) is 6.26. The van der Waals surface area contributed by atoms with E-state index in [0.29, 0.717) is 6.54 Å². The van der Waals surface area contributed by atoms with Crippen LogP contribution < -0.4 is 10.7 Å². The Bertz CT molecular complexity index is 224. The highest BCUT2D eigenvalue weighted by molar-refractivity contribution is 5.34. The predicted octanol–water partition coefficient (Wildman–Crippen LogP) is 0.670. The number of hydrazine groups is 1. The van der Waals surface area contributed by atoms with Crippen molar-refractivity contribution >= 4 is 0 Å². The van der Waals surface area contributed by atoms with Gasteiger partial charge in [-0.1, -0.05) is 23.4 Å². The minimum absolute atomic E-state index is 0.677. The standard InChI is InChI=1S/C7H8N2O/c8-9-5-6-3-1-2-4-7(6)10-9/h1-4H,5,8H2. The minimum atomic E-state index is 0.677. The molecule has 1 heterocycles. The summed E-state index contributed by atoms with van der Waals surface area (Å²) in [6, 6.07) is 7.81. The van der Waals surface area contributed by atoms with Gasteiger partial charge in [0.25, 0.3) is 0 Å². The van der Waals surface area contributed by atoms with Crippen molar-refractivity contribution in [3.8, 4) is 5.75 Å². The van der Waals surface area contributed by atoms with Crippen LogP contribution in [-0.4, -0.2) is 5.17 Å². The summed E-state index contributed by atoms with van der Waals surface area (Å²) in [6.45, 7) is 0.677. The maximum absolute atomic E-state index is 5.40. The first-order valence-corrected chi connectivity index (χ1v) is 3.14. The van der Waals surface area contributed by atoms with E-state index in [1.807, 2.05) is 24.3 Å². The van der Waals surface area contributed by atoms with E-state index in [0.717, 1.165) is 11.3 Å². The summed E-state index contributed by atoms with van der Waals surface area (Å²) in [6.07, 6.45) is 0. The number of para-hydroxylation sites is 1. The van der Waals surface area contributed by atoms with E-state index in [1.165, 1.54) is 5.17 Å². The Morgan fingerprint density at radius 1 is 1.40 bits per heavy atom. The van der Waals surface area contributed by atoms with Crippen molar-refractivity contribution in [2.45, 2.75) is 6.54 Å². The van der Waals surface area contributed by atoms with Gasteiger partial charge >= 0.3 is 0 Å². The zero-order valence-corrected chi connectivity index (χ0v) is 5.45. The Hall–Kier alpha value is -1.06. The number of hydrogen-bond donors (Lipinski definition) is 1. The van der Waals surface area contributed by atoms with Crippen LogP contribution in [0.3, 0.4) is 0 Å². The lowest BCUT2D eigenvalue weighted by Gasteiger charge is -2.03. The lowest BCUT2D eigenvalue weighted by Crippen LogP contribution is -2.28. The molecule has 3 heteroatoms. The van der Waals surface area contributed by atoms with Gasteiger partial charge in [0.1, 0.15) is 0 Å². The minimum Gasteiger partial charge on any atom is -0.391 e. The van der Waals surface area contributed by atoms with Crippen molar-refractivity contribution in [3.63, 3.8) is 0 Å². The molecule has 0 atom stereocenters. The third kappa shape index (κ3) is 0.761. The van der Waals surface area contributed by atoms with E-state index >= 15 is 0 Å². The molecule has 0 amide bonds. The number of nitrogens with zero attached hydrogens (tertiary/aromatic N) is 1. The normalized spacial score (nSPS) is 16.5. The maximum atomic E-state index is 5.40. The molecular formula is C7H8N2O. The summed E-state index contributed by atoms with van der Waals surface area (Å²) in [7, 11) is 0. The second kappa shape index (κ2) is 1.97. The summed E-state index contributed by atoms with van der Waals surface area (Å²) >= 11 is 0. The highest BCUT2D eigenvalue weighted by Crippen LogP contribution is 2.24. The van der Waals surface area contributed by atoms with Gasteiger partial charge in [-0.15, -0.1) is 0 Å². The molecule has 1 aliphatic rings. The molecule has 0 bridgehead atoms. The van der Waals surface area contributed by atoms with Crippen LogP contribution in [0.5, 0.6) is 5.75 Å². The van der Waals surface area contributed by atoms with Crippen LogP contribution in [0, 0.1) is 0 Å². The van der Waals surface area contributed by atoms with Crippen molar-refractivity contribution in [1.82, 2.24) is 5.17 Å². The molecule has 0 radical (unpaired) electrons. The fourth-order valence-electron chi connectivity index (χ4n) is 1.05. The Morgan fingerprint density at radius 2 is 2.20 bits per heavy atom. The lowest BCUT2D eigenvalue weighted by atomic mass is 10.2. The SMILES string of the molecule is NN1Cc2ccccc2O1. The number of fused-ring (bicyclic) bond motifs is 1. The molecule has 1 aromatic rings. The van der Waals surface area contributed by atoms with E-state index in [4.69, 9.17) is 10.7 Å². The molecule has 0 aliphatic carbocycles. The summed E-state index contributed by atoms with van der Waals surface area (Å²) in [5, 5.41) is 1.32. The molecule has 0 spiro atoms. The highest BCUT2D eigenvalue weighted by Gasteiger charge is 2.15. The van der Waals surface area contributed by atoms with E-state index in [2.05, 4.69) is 0 Å². The average Bonchev–Trinajstić information content (AvgIpc) is 2.27. The second-order valence-corrected chi connectivity index (χ2v) is 2.27. The molecule has 2 N–H and O–H groups in total. The lowest BCUT2D eigenvalue weighted by molar-refractivity contribution is -0.0441. The summed E-state index contributed by atoms with van der Waals surface area (Å²) < 4.78 is 0. The molecule has 0 saturated carbocycles. The van der Waals surface area contributed by atoms with Crippen LogP contribution in [0.25, 0.3) is 0 Å². The zero-order valence-electron chi connectivity index (χ0n) is 5.45. The molecule has 3 nitrogen and oxygen atoms in total.